The van der Waals surface area contributed by atoms with Crippen molar-refractivity contribution in [1.82, 2.24) is 10.6 Å². The zero-order valence-corrected chi connectivity index (χ0v) is 19.5. The molecule has 1 saturated carbocycles. The lowest BCUT2D eigenvalue weighted by atomic mass is 9.88. The van der Waals surface area contributed by atoms with Gasteiger partial charge in [-0.1, -0.05) is 42.0 Å². The molecule has 2 aromatic rings. The van der Waals surface area contributed by atoms with Crippen molar-refractivity contribution in [2.24, 2.45) is 0 Å². The van der Waals surface area contributed by atoms with E-state index in [1.165, 1.54) is 45.6 Å². The highest BCUT2D eigenvalue weighted by Crippen LogP contribution is 2.46. The molecule has 6 rings (SSSR count). The number of hydrogen-bond donors (Lipinski definition) is 2. The standard InChI is InChI=1S/C28H30N2O.ClH/c1-18-5-6-22(19-11-15-29-16-12-19)17-24(18)27(31)30-28(13-14-28)25-10-9-21-8-7-20-3-2-4-23(25)26(20)21;/h2-6,11,17,29H,7-10,12-16H2,1H3,(H,30,31);1H. The van der Waals surface area contributed by atoms with E-state index in [4.69, 9.17) is 0 Å². The van der Waals surface area contributed by atoms with Crippen LogP contribution < -0.4 is 21.1 Å². The molecule has 0 atom stereocenters. The normalized spacial score (nSPS) is 20.2. The maximum Gasteiger partial charge on any atom is 0.252 e. The first-order valence-electron chi connectivity index (χ1n) is 11.8. The predicted molar refractivity (Wildman–Crippen MR) is 133 cm³/mol. The Kier molecular flexibility index (Phi) is 5.51. The van der Waals surface area contributed by atoms with Gasteiger partial charge in [0.05, 0.1) is 5.54 Å². The molecule has 0 spiro atoms. The molecule has 0 radical (unpaired) electrons. The van der Waals surface area contributed by atoms with Gasteiger partial charge >= 0.3 is 0 Å². The van der Waals surface area contributed by atoms with Gasteiger partial charge in [0, 0.05) is 12.1 Å². The van der Waals surface area contributed by atoms with Gasteiger partial charge in [0.2, 0.25) is 0 Å². The quantitative estimate of drug-likeness (QED) is 0.750. The molecule has 1 amide bonds. The summed E-state index contributed by atoms with van der Waals surface area (Å²) in [4.78, 5) is 13.5. The molecule has 166 valence electrons. The van der Waals surface area contributed by atoms with Gasteiger partial charge in [-0.25, -0.2) is 0 Å². The number of aryl methyl sites for hydroxylation is 2. The van der Waals surface area contributed by atoms with Crippen LogP contribution in [0.5, 0.6) is 0 Å². The molecule has 4 aliphatic rings. The molecule has 2 N–H and O–H groups in total. The smallest absolute Gasteiger partial charge is 0.252 e. The summed E-state index contributed by atoms with van der Waals surface area (Å²) in [5.74, 6) is 0.0845. The topological polar surface area (TPSA) is 41.1 Å². The Labute approximate surface area is 196 Å². The first kappa shape index (κ1) is 21.5. The second kappa shape index (κ2) is 8.20. The summed E-state index contributed by atoms with van der Waals surface area (Å²) in [7, 11) is 0. The highest BCUT2D eigenvalue weighted by molar-refractivity contribution is 5.98. The number of halogens is 1. The third kappa shape index (κ3) is 3.52. The Hall–Kier alpha value is -2.36. The van der Waals surface area contributed by atoms with Crippen LogP contribution in [0, 0.1) is 6.92 Å². The molecule has 1 fully saturated rings. The number of benzene rings is 2. The molecule has 1 heterocycles. The van der Waals surface area contributed by atoms with E-state index in [2.05, 4.69) is 53.1 Å². The molecule has 3 aliphatic carbocycles. The van der Waals surface area contributed by atoms with Crippen molar-refractivity contribution < 1.29 is 4.79 Å². The van der Waals surface area contributed by atoms with Gasteiger partial charge < -0.3 is 10.6 Å². The van der Waals surface area contributed by atoms with Crippen LogP contribution >= 0.6 is 12.4 Å². The zero-order valence-electron chi connectivity index (χ0n) is 18.7. The van der Waals surface area contributed by atoms with Gasteiger partial charge in [-0.2, -0.15) is 0 Å². The lowest BCUT2D eigenvalue weighted by molar-refractivity contribution is 0.0940. The average molecular weight is 447 g/mol. The summed E-state index contributed by atoms with van der Waals surface area (Å²) in [5.41, 5.74) is 8.88. The molecule has 1 aliphatic heterocycles. The van der Waals surface area contributed by atoms with E-state index in [9.17, 15) is 4.79 Å². The van der Waals surface area contributed by atoms with Crippen molar-refractivity contribution in [1.29, 1.82) is 0 Å². The first-order chi connectivity index (χ1) is 15.1. The molecule has 0 bridgehead atoms. The lowest BCUT2D eigenvalue weighted by Gasteiger charge is -2.25. The highest BCUT2D eigenvalue weighted by Gasteiger charge is 2.48. The van der Waals surface area contributed by atoms with Crippen LogP contribution in [-0.4, -0.2) is 24.5 Å². The van der Waals surface area contributed by atoms with Crippen molar-refractivity contribution in [2.45, 2.75) is 57.4 Å². The van der Waals surface area contributed by atoms with Gasteiger partial charge in [0.25, 0.3) is 5.91 Å². The maximum absolute atomic E-state index is 13.5. The van der Waals surface area contributed by atoms with Crippen LogP contribution in [-0.2, 0) is 6.42 Å². The number of carbonyl (C=O) groups excluding carboxylic acids is 1. The summed E-state index contributed by atoms with van der Waals surface area (Å²) in [6.45, 7) is 3.96. The van der Waals surface area contributed by atoms with E-state index >= 15 is 0 Å². The van der Waals surface area contributed by atoms with E-state index in [1.54, 1.807) is 5.57 Å². The van der Waals surface area contributed by atoms with Crippen molar-refractivity contribution >= 4 is 35.0 Å². The monoisotopic (exact) mass is 446 g/mol. The van der Waals surface area contributed by atoms with Crippen molar-refractivity contribution in [3.63, 3.8) is 0 Å². The third-order valence-electron chi connectivity index (χ3n) is 7.80. The van der Waals surface area contributed by atoms with Crippen LogP contribution in [0.3, 0.4) is 0 Å². The minimum absolute atomic E-state index is 0. The Balaban J connectivity index is 0.00000216. The average Bonchev–Trinajstić information content (AvgIpc) is 3.45. The van der Waals surface area contributed by atoms with Gasteiger partial charge in [-0.3, -0.25) is 4.79 Å². The van der Waals surface area contributed by atoms with Crippen LogP contribution in [0.25, 0.3) is 16.7 Å². The van der Waals surface area contributed by atoms with E-state index in [1.807, 2.05) is 6.92 Å². The number of rotatable bonds is 4. The fraction of sp³-hybridized carbons (Fsp3) is 0.393. The number of amides is 1. The Bertz CT molecular complexity index is 1250. The largest absolute Gasteiger partial charge is 0.343 e. The van der Waals surface area contributed by atoms with Gasteiger partial charge in [0.1, 0.15) is 0 Å². The maximum atomic E-state index is 13.5. The fourth-order valence-electron chi connectivity index (χ4n) is 5.91. The van der Waals surface area contributed by atoms with Crippen LogP contribution in [0.2, 0.25) is 0 Å². The SMILES string of the molecule is Cc1ccc(C2=CCNCC2)cc1C(=O)NC1(C2=c3cccc4c3=C(CC2)CC4)CC1.Cl. The Morgan fingerprint density at radius 1 is 1.03 bits per heavy atom. The molecule has 3 nitrogen and oxygen atoms in total. The number of carbonyl (C=O) groups is 1. The first-order valence-corrected chi connectivity index (χ1v) is 11.8. The molecule has 4 heteroatoms. The molecular weight excluding hydrogens is 416 g/mol. The van der Waals surface area contributed by atoms with Crippen molar-refractivity contribution in [3.8, 4) is 0 Å². The summed E-state index contributed by atoms with van der Waals surface area (Å²) in [6, 6.07) is 13.2. The summed E-state index contributed by atoms with van der Waals surface area (Å²) >= 11 is 0. The number of hydrogen-bond acceptors (Lipinski definition) is 2. The second-order valence-corrected chi connectivity index (χ2v) is 9.67. The molecular formula is C28H31ClN2O. The molecule has 32 heavy (non-hydrogen) atoms. The molecule has 2 aromatic carbocycles. The summed E-state index contributed by atoms with van der Waals surface area (Å²) < 4.78 is 0. The second-order valence-electron chi connectivity index (χ2n) is 9.67. The Morgan fingerprint density at radius 2 is 1.88 bits per heavy atom. The van der Waals surface area contributed by atoms with E-state index in [-0.39, 0.29) is 23.9 Å². The lowest BCUT2D eigenvalue weighted by Crippen LogP contribution is -2.44. The fourth-order valence-corrected chi connectivity index (χ4v) is 5.91. The van der Waals surface area contributed by atoms with Gasteiger partial charge in [-0.15, -0.1) is 12.4 Å². The number of nitrogens with one attached hydrogen (secondary N) is 2. The summed E-state index contributed by atoms with van der Waals surface area (Å²) in [6.07, 6.45) is 10.0. The van der Waals surface area contributed by atoms with E-state index in [0.717, 1.165) is 56.3 Å². The minimum Gasteiger partial charge on any atom is -0.343 e. The molecule has 0 saturated heterocycles. The molecule has 0 unspecified atom stereocenters. The van der Waals surface area contributed by atoms with Crippen LogP contribution in [0.1, 0.15) is 65.6 Å². The molecule has 0 aromatic heterocycles. The van der Waals surface area contributed by atoms with Gasteiger partial charge in [-0.05, 0) is 103 Å². The van der Waals surface area contributed by atoms with Crippen molar-refractivity contribution in [2.75, 3.05) is 13.1 Å². The van der Waals surface area contributed by atoms with E-state index in [0.29, 0.717) is 0 Å². The predicted octanol–water partition coefficient (Wildman–Crippen LogP) is 3.80. The summed E-state index contributed by atoms with van der Waals surface area (Å²) in [5, 5.41) is 9.80. The minimum atomic E-state index is -0.142. The van der Waals surface area contributed by atoms with Gasteiger partial charge in [0.15, 0.2) is 0 Å². The van der Waals surface area contributed by atoms with Crippen LogP contribution in [0.15, 0.2) is 42.5 Å². The van der Waals surface area contributed by atoms with Crippen LogP contribution in [0.4, 0.5) is 0 Å². The zero-order chi connectivity index (χ0) is 21.0. The Morgan fingerprint density at radius 3 is 2.66 bits per heavy atom. The van der Waals surface area contributed by atoms with Crippen molar-refractivity contribution in [3.05, 3.63) is 75.2 Å². The highest BCUT2D eigenvalue weighted by atomic mass is 35.5. The third-order valence-corrected chi connectivity index (χ3v) is 7.80. The van der Waals surface area contributed by atoms with E-state index < -0.39 is 0 Å².